The summed E-state index contributed by atoms with van der Waals surface area (Å²) < 4.78 is 10.9. The van der Waals surface area contributed by atoms with Crippen molar-refractivity contribution in [3.63, 3.8) is 0 Å². The fourth-order valence-electron chi connectivity index (χ4n) is 1.73. The third-order valence-electron chi connectivity index (χ3n) is 2.72. The van der Waals surface area contributed by atoms with Gasteiger partial charge >= 0.3 is 0 Å². The van der Waals surface area contributed by atoms with Gasteiger partial charge < -0.3 is 9.15 Å². The Hall–Kier alpha value is -2.67. The van der Waals surface area contributed by atoms with Gasteiger partial charge in [0.05, 0.1) is 5.69 Å². The maximum atomic E-state index is 12.0. The summed E-state index contributed by atoms with van der Waals surface area (Å²) >= 11 is 1.37. The molecule has 0 atom stereocenters. The van der Waals surface area contributed by atoms with Gasteiger partial charge in [-0.05, 0) is 25.1 Å². The maximum Gasteiger partial charge on any atom is 0.293 e. The quantitative estimate of drug-likeness (QED) is 0.782. The fourth-order valence-corrected chi connectivity index (χ4v) is 2.41. The van der Waals surface area contributed by atoms with Gasteiger partial charge in [-0.2, -0.15) is 0 Å². The number of rotatable bonds is 5. The highest BCUT2D eigenvalue weighted by Crippen LogP contribution is 2.17. The Balaban J connectivity index is 1.59. The van der Waals surface area contributed by atoms with Gasteiger partial charge in [-0.3, -0.25) is 10.1 Å². The maximum absolute atomic E-state index is 12.0. The van der Waals surface area contributed by atoms with Gasteiger partial charge in [0.1, 0.15) is 12.4 Å². The Bertz CT molecular complexity index is 767. The molecule has 0 aliphatic carbocycles. The predicted molar refractivity (Wildman–Crippen MR) is 82.1 cm³/mol. The Morgan fingerprint density at radius 3 is 3.00 bits per heavy atom. The molecule has 3 heterocycles. The molecule has 1 amide bonds. The number of nitrogens with one attached hydrogen (secondary N) is 1. The topological polar surface area (TPSA) is 77.2 Å². The largest absolute Gasteiger partial charge is 0.469 e. The van der Waals surface area contributed by atoms with Crippen molar-refractivity contribution in [3.05, 3.63) is 59.1 Å². The van der Waals surface area contributed by atoms with Crippen LogP contribution < -0.4 is 10.1 Å². The second kappa shape index (κ2) is 6.40. The van der Waals surface area contributed by atoms with Crippen LogP contribution in [0.1, 0.15) is 22.0 Å². The molecule has 0 aromatic carbocycles. The van der Waals surface area contributed by atoms with Crippen LogP contribution in [0.4, 0.5) is 5.13 Å². The summed E-state index contributed by atoms with van der Waals surface area (Å²) in [5, 5.41) is 5.10. The number of ether oxygens (including phenoxy) is 1. The molecular weight excluding hydrogens is 302 g/mol. The normalized spacial score (nSPS) is 10.4. The van der Waals surface area contributed by atoms with E-state index in [1.807, 2.05) is 24.4 Å². The first-order valence-electron chi connectivity index (χ1n) is 6.57. The molecule has 7 heteroatoms. The van der Waals surface area contributed by atoms with Crippen molar-refractivity contribution in [2.45, 2.75) is 13.5 Å². The molecule has 0 aliphatic heterocycles. The lowest BCUT2D eigenvalue weighted by molar-refractivity contribution is 0.0992. The van der Waals surface area contributed by atoms with Crippen LogP contribution in [-0.4, -0.2) is 15.9 Å². The Labute approximate surface area is 130 Å². The average molecular weight is 315 g/mol. The van der Waals surface area contributed by atoms with Crippen molar-refractivity contribution in [1.29, 1.82) is 0 Å². The number of thiazole rings is 1. The zero-order valence-corrected chi connectivity index (χ0v) is 12.6. The van der Waals surface area contributed by atoms with Crippen molar-refractivity contribution in [3.8, 4) is 5.88 Å². The number of amides is 1. The second-order valence-electron chi connectivity index (χ2n) is 4.47. The van der Waals surface area contributed by atoms with Crippen LogP contribution >= 0.6 is 11.3 Å². The van der Waals surface area contributed by atoms with Crippen LogP contribution in [-0.2, 0) is 6.61 Å². The molecule has 0 saturated carbocycles. The number of carbonyl (C=O) groups is 1. The molecule has 0 unspecified atom stereocenters. The number of anilines is 1. The van der Waals surface area contributed by atoms with Gasteiger partial charge in [0, 0.05) is 17.6 Å². The lowest BCUT2D eigenvalue weighted by Crippen LogP contribution is -2.10. The number of pyridine rings is 1. The Morgan fingerprint density at radius 1 is 1.36 bits per heavy atom. The summed E-state index contributed by atoms with van der Waals surface area (Å²) in [5.74, 6) is 0.931. The molecule has 0 fully saturated rings. The summed E-state index contributed by atoms with van der Waals surface area (Å²) in [6.07, 6.45) is 1.65. The van der Waals surface area contributed by atoms with Gasteiger partial charge in [-0.25, -0.2) is 9.97 Å². The van der Waals surface area contributed by atoms with E-state index < -0.39 is 0 Å². The first-order chi connectivity index (χ1) is 10.7. The number of hydrogen-bond acceptors (Lipinski definition) is 6. The Morgan fingerprint density at radius 2 is 2.27 bits per heavy atom. The van der Waals surface area contributed by atoms with Crippen LogP contribution in [0.2, 0.25) is 0 Å². The summed E-state index contributed by atoms with van der Waals surface area (Å²) in [5.41, 5.74) is 0.865. The van der Waals surface area contributed by atoms with E-state index in [2.05, 4.69) is 15.3 Å². The van der Waals surface area contributed by atoms with Crippen molar-refractivity contribution < 1.29 is 13.9 Å². The summed E-state index contributed by atoms with van der Waals surface area (Å²) in [6, 6.07) is 8.70. The van der Waals surface area contributed by atoms with Gasteiger partial charge in [0.25, 0.3) is 5.91 Å². The average Bonchev–Trinajstić information content (AvgIpc) is 3.15. The molecule has 3 aromatic heterocycles. The second-order valence-corrected chi connectivity index (χ2v) is 5.33. The highest BCUT2D eigenvalue weighted by molar-refractivity contribution is 7.13. The zero-order chi connectivity index (χ0) is 15.4. The molecule has 0 saturated heterocycles. The van der Waals surface area contributed by atoms with E-state index in [1.54, 1.807) is 24.4 Å². The van der Waals surface area contributed by atoms with E-state index in [-0.39, 0.29) is 18.3 Å². The minimum atomic E-state index is -0.335. The smallest absolute Gasteiger partial charge is 0.293 e. The number of aromatic nitrogens is 2. The molecule has 22 heavy (non-hydrogen) atoms. The van der Waals surface area contributed by atoms with Crippen LogP contribution in [0.15, 0.2) is 46.3 Å². The van der Waals surface area contributed by atoms with Crippen molar-refractivity contribution in [1.82, 2.24) is 9.97 Å². The predicted octanol–water partition coefficient (Wildman–Crippen LogP) is 3.27. The number of furan rings is 1. The molecule has 3 aromatic rings. The van der Waals surface area contributed by atoms with Crippen LogP contribution in [0, 0.1) is 6.92 Å². The van der Waals surface area contributed by atoms with Crippen molar-refractivity contribution in [2.24, 2.45) is 0 Å². The van der Waals surface area contributed by atoms with Gasteiger partial charge in [-0.15, -0.1) is 11.3 Å². The fraction of sp³-hybridized carbons (Fsp3) is 0.133. The van der Waals surface area contributed by atoms with E-state index in [9.17, 15) is 4.79 Å². The molecule has 0 bridgehead atoms. The standard InChI is InChI=1S/C15H13N3O3S/c1-10-9-22-15(17-10)18-14(19)12-6-5-11(21-12)8-20-13-4-2-3-7-16-13/h2-7,9H,8H2,1H3,(H,17,18,19). The number of nitrogens with zero attached hydrogens (tertiary/aromatic N) is 2. The third-order valence-corrected chi connectivity index (χ3v) is 3.60. The highest BCUT2D eigenvalue weighted by Gasteiger charge is 2.13. The first-order valence-corrected chi connectivity index (χ1v) is 7.45. The number of carbonyl (C=O) groups excluding carboxylic acids is 1. The lowest BCUT2D eigenvalue weighted by Gasteiger charge is -2.02. The summed E-state index contributed by atoms with van der Waals surface area (Å²) in [7, 11) is 0. The van der Waals surface area contributed by atoms with Gasteiger partial charge in [0.2, 0.25) is 5.88 Å². The molecule has 0 aliphatic rings. The Kier molecular flexibility index (Phi) is 4.15. The van der Waals surface area contributed by atoms with Crippen LogP contribution in [0.5, 0.6) is 5.88 Å². The molecule has 112 valence electrons. The summed E-state index contributed by atoms with van der Waals surface area (Å²) in [6.45, 7) is 2.08. The molecule has 0 radical (unpaired) electrons. The molecule has 6 nitrogen and oxygen atoms in total. The van der Waals surface area contributed by atoms with E-state index in [1.165, 1.54) is 11.3 Å². The summed E-state index contributed by atoms with van der Waals surface area (Å²) in [4.78, 5) is 20.2. The monoisotopic (exact) mass is 315 g/mol. The van der Waals surface area contributed by atoms with Gasteiger partial charge in [0.15, 0.2) is 10.9 Å². The third kappa shape index (κ3) is 3.50. The van der Waals surface area contributed by atoms with Crippen molar-refractivity contribution >= 4 is 22.4 Å². The minimum Gasteiger partial charge on any atom is -0.469 e. The number of aryl methyl sites for hydroxylation is 1. The van der Waals surface area contributed by atoms with E-state index in [4.69, 9.17) is 9.15 Å². The molecular formula is C15H13N3O3S. The molecule has 1 N–H and O–H groups in total. The molecule has 3 rings (SSSR count). The van der Waals surface area contributed by atoms with Crippen LogP contribution in [0.25, 0.3) is 0 Å². The highest BCUT2D eigenvalue weighted by atomic mass is 32.1. The zero-order valence-electron chi connectivity index (χ0n) is 11.8. The van der Waals surface area contributed by atoms with E-state index in [0.29, 0.717) is 16.8 Å². The van der Waals surface area contributed by atoms with E-state index >= 15 is 0 Å². The number of hydrogen-bond donors (Lipinski definition) is 1. The SMILES string of the molecule is Cc1csc(NC(=O)c2ccc(COc3ccccn3)o2)n1. The lowest BCUT2D eigenvalue weighted by atomic mass is 10.4. The minimum absolute atomic E-state index is 0.209. The van der Waals surface area contributed by atoms with Crippen molar-refractivity contribution in [2.75, 3.05) is 5.32 Å². The van der Waals surface area contributed by atoms with Crippen LogP contribution in [0.3, 0.4) is 0 Å². The van der Waals surface area contributed by atoms with E-state index in [0.717, 1.165) is 5.69 Å². The van der Waals surface area contributed by atoms with Gasteiger partial charge in [-0.1, -0.05) is 6.07 Å². The molecule has 0 spiro atoms. The first kappa shape index (κ1) is 14.3.